The van der Waals surface area contributed by atoms with E-state index in [4.69, 9.17) is 0 Å². The van der Waals surface area contributed by atoms with Gasteiger partial charge in [-0.1, -0.05) is 42.5 Å². The van der Waals surface area contributed by atoms with Crippen LogP contribution in [0.25, 0.3) is 11.0 Å². The second-order valence-corrected chi connectivity index (χ2v) is 9.83. The summed E-state index contributed by atoms with van der Waals surface area (Å²) in [6, 6.07) is 22.9. The minimum atomic E-state index is -3.85. The highest BCUT2D eigenvalue weighted by Crippen LogP contribution is 2.30. The molecule has 8 nitrogen and oxygen atoms in total. The number of para-hydroxylation sites is 2. The molecule has 0 atom stereocenters. The van der Waals surface area contributed by atoms with E-state index in [1.807, 2.05) is 42.5 Å². The SMILES string of the molecule is O=C(Nc1cccc(CNc2nc3ccccc3nc2NS(=O)(=O)c2ccccc2)c1)C1CC1. The Balaban J connectivity index is 1.40. The summed E-state index contributed by atoms with van der Waals surface area (Å²) in [4.78, 5) is 21.3. The molecule has 0 unspecified atom stereocenters. The van der Waals surface area contributed by atoms with Crippen LogP contribution in [-0.4, -0.2) is 24.3 Å². The van der Waals surface area contributed by atoms with Crippen LogP contribution in [0, 0.1) is 5.92 Å². The molecule has 1 heterocycles. The van der Waals surface area contributed by atoms with Gasteiger partial charge in [0.2, 0.25) is 5.91 Å². The van der Waals surface area contributed by atoms with Gasteiger partial charge in [-0.05, 0) is 54.8 Å². The minimum absolute atomic E-state index is 0.0445. The van der Waals surface area contributed by atoms with Crippen LogP contribution in [-0.2, 0) is 21.4 Å². The second kappa shape index (κ2) is 9.11. The van der Waals surface area contributed by atoms with Crippen molar-refractivity contribution in [1.29, 1.82) is 0 Å². The summed E-state index contributed by atoms with van der Waals surface area (Å²) >= 11 is 0. The lowest BCUT2D eigenvalue weighted by Crippen LogP contribution is -2.16. The maximum Gasteiger partial charge on any atom is 0.263 e. The number of hydrogen-bond donors (Lipinski definition) is 3. The molecule has 172 valence electrons. The molecule has 0 bridgehead atoms. The molecule has 9 heteroatoms. The van der Waals surface area contributed by atoms with Gasteiger partial charge in [-0.25, -0.2) is 18.4 Å². The van der Waals surface area contributed by atoms with E-state index in [9.17, 15) is 13.2 Å². The summed E-state index contributed by atoms with van der Waals surface area (Å²) in [6.07, 6.45) is 1.88. The number of rotatable bonds is 8. The normalized spacial score (nSPS) is 13.4. The molecule has 1 aliphatic carbocycles. The topological polar surface area (TPSA) is 113 Å². The summed E-state index contributed by atoms with van der Waals surface area (Å²) < 4.78 is 28.4. The molecule has 3 aromatic carbocycles. The van der Waals surface area contributed by atoms with E-state index in [0.717, 1.165) is 24.1 Å². The Morgan fingerprint density at radius 1 is 0.853 bits per heavy atom. The van der Waals surface area contributed by atoms with E-state index in [1.165, 1.54) is 12.1 Å². The molecule has 1 aromatic heterocycles. The summed E-state index contributed by atoms with van der Waals surface area (Å²) in [6.45, 7) is 0.361. The Morgan fingerprint density at radius 3 is 2.24 bits per heavy atom. The standard InChI is InChI=1S/C25H23N5O3S/c31-25(18-13-14-18)27-19-8-6-7-17(15-19)16-26-23-24(29-22-12-5-4-11-21(22)28-23)30-34(32,33)20-9-2-1-3-10-20/h1-12,15,18H,13-14,16H2,(H,26,28)(H,27,31)(H,29,30). The first-order chi connectivity index (χ1) is 16.5. The number of anilines is 3. The van der Waals surface area contributed by atoms with Crippen LogP contribution in [0.15, 0.2) is 83.8 Å². The molecule has 3 N–H and O–H groups in total. The van der Waals surface area contributed by atoms with Gasteiger partial charge < -0.3 is 10.6 Å². The lowest BCUT2D eigenvalue weighted by atomic mass is 10.2. The smallest absolute Gasteiger partial charge is 0.263 e. The van der Waals surface area contributed by atoms with Gasteiger partial charge in [0, 0.05) is 18.2 Å². The van der Waals surface area contributed by atoms with Crippen LogP contribution in [0.5, 0.6) is 0 Å². The summed E-state index contributed by atoms with van der Waals surface area (Å²) in [5.41, 5.74) is 2.84. The van der Waals surface area contributed by atoms with E-state index < -0.39 is 10.0 Å². The Labute approximate surface area is 197 Å². The van der Waals surface area contributed by atoms with Crippen molar-refractivity contribution in [2.45, 2.75) is 24.3 Å². The van der Waals surface area contributed by atoms with Crippen LogP contribution in [0.2, 0.25) is 0 Å². The van der Waals surface area contributed by atoms with E-state index in [2.05, 4.69) is 25.3 Å². The molecule has 1 saturated carbocycles. The van der Waals surface area contributed by atoms with Crippen molar-refractivity contribution in [3.8, 4) is 0 Å². The van der Waals surface area contributed by atoms with E-state index in [0.29, 0.717) is 23.4 Å². The van der Waals surface area contributed by atoms with E-state index >= 15 is 0 Å². The first kappa shape index (κ1) is 21.8. The minimum Gasteiger partial charge on any atom is -0.363 e. The van der Waals surface area contributed by atoms with Crippen LogP contribution in [0.1, 0.15) is 18.4 Å². The number of fused-ring (bicyclic) bond motifs is 1. The third-order valence-corrected chi connectivity index (χ3v) is 6.81. The Morgan fingerprint density at radius 2 is 1.53 bits per heavy atom. The zero-order valence-electron chi connectivity index (χ0n) is 18.2. The van der Waals surface area contributed by atoms with Crippen LogP contribution < -0.4 is 15.4 Å². The highest BCUT2D eigenvalue weighted by molar-refractivity contribution is 7.92. The highest BCUT2D eigenvalue weighted by atomic mass is 32.2. The van der Waals surface area contributed by atoms with Crippen molar-refractivity contribution in [2.24, 2.45) is 5.92 Å². The number of benzene rings is 3. The Bertz CT molecular complexity index is 1450. The van der Waals surface area contributed by atoms with Gasteiger partial charge in [-0.15, -0.1) is 0 Å². The molecule has 1 aliphatic rings. The number of amides is 1. The average molecular weight is 474 g/mol. The lowest BCUT2D eigenvalue weighted by Gasteiger charge is -2.14. The molecule has 0 radical (unpaired) electrons. The van der Waals surface area contributed by atoms with Gasteiger partial charge >= 0.3 is 0 Å². The van der Waals surface area contributed by atoms with Crippen molar-refractivity contribution in [1.82, 2.24) is 9.97 Å². The first-order valence-corrected chi connectivity index (χ1v) is 12.4. The van der Waals surface area contributed by atoms with Crippen molar-refractivity contribution in [3.05, 3.63) is 84.4 Å². The van der Waals surface area contributed by atoms with Gasteiger partial charge in [-0.3, -0.25) is 9.52 Å². The molecule has 0 aliphatic heterocycles. The maximum atomic E-state index is 12.9. The number of sulfonamides is 1. The fourth-order valence-corrected chi connectivity index (χ4v) is 4.55. The molecular weight excluding hydrogens is 450 g/mol. The number of nitrogens with one attached hydrogen (secondary N) is 3. The number of hydrogen-bond acceptors (Lipinski definition) is 6. The van der Waals surface area contributed by atoms with E-state index in [1.54, 1.807) is 24.3 Å². The highest BCUT2D eigenvalue weighted by Gasteiger charge is 2.29. The second-order valence-electron chi connectivity index (χ2n) is 8.15. The molecule has 4 aromatic rings. The van der Waals surface area contributed by atoms with Crippen molar-refractivity contribution in [2.75, 3.05) is 15.4 Å². The molecular formula is C25H23N5O3S. The van der Waals surface area contributed by atoms with Crippen molar-refractivity contribution >= 4 is 44.3 Å². The maximum absolute atomic E-state index is 12.9. The molecule has 1 fully saturated rings. The van der Waals surface area contributed by atoms with Gasteiger partial charge in [-0.2, -0.15) is 0 Å². The van der Waals surface area contributed by atoms with Gasteiger partial charge in [0.25, 0.3) is 10.0 Å². The van der Waals surface area contributed by atoms with E-state index in [-0.39, 0.29) is 22.5 Å². The largest absolute Gasteiger partial charge is 0.363 e. The molecule has 0 spiro atoms. The Kier molecular flexibility index (Phi) is 5.85. The number of aromatic nitrogens is 2. The van der Waals surface area contributed by atoms with Gasteiger partial charge in [0.15, 0.2) is 11.6 Å². The monoisotopic (exact) mass is 473 g/mol. The predicted molar refractivity (Wildman–Crippen MR) is 132 cm³/mol. The van der Waals surface area contributed by atoms with Crippen LogP contribution in [0.3, 0.4) is 0 Å². The van der Waals surface area contributed by atoms with Crippen LogP contribution in [0.4, 0.5) is 17.3 Å². The fraction of sp³-hybridized carbons (Fsp3) is 0.160. The number of nitrogens with zero attached hydrogens (tertiary/aromatic N) is 2. The summed E-state index contributed by atoms with van der Waals surface area (Å²) in [5.74, 6) is 0.587. The molecule has 0 saturated heterocycles. The predicted octanol–water partition coefficient (Wildman–Crippen LogP) is 4.39. The summed E-state index contributed by atoms with van der Waals surface area (Å²) in [5, 5.41) is 6.14. The zero-order chi connectivity index (χ0) is 23.5. The van der Waals surface area contributed by atoms with Crippen LogP contribution >= 0.6 is 0 Å². The number of carbonyl (C=O) groups excluding carboxylic acids is 1. The molecule has 34 heavy (non-hydrogen) atoms. The van der Waals surface area contributed by atoms with Crippen molar-refractivity contribution in [3.63, 3.8) is 0 Å². The Hall–Kier alpha value is -3.98. The third-order valence-electron chi connectivity index (χ3n) is 5.46. The molecule has 1 amide bonds. The third kappa shape index (κ3) is 4.99. The van der Waals surface area contributed by atoms with Gasteiger partial charge in [0.05, 0.1) is 15.9 Å². The summed E-state index contributed by atoms with van der Waals surface area (Å²) in [7, 11) is -3.85. The zero-order valence-corrected chi connectivity index (χ0v) is 19.0. The average Bonchev–Trinajstić information content (AvgIpc) is 3.69. The number of carbonyl (C=O) groups is 1. The fourth-order valence-electron chi connectivity index (χ4n) is 3.51. The quantitative estimate of drug-likeness (QED) is 0.350. The van der Waals surface area contributed by atoms with Crippen molar-refractivity contribution < 1.29 is 13.2 Å². The molecule has 5 rings (SSSR count). The van der Waals surface area contributed by atoms with Gasteiger partial charge in [0.1, 0.15) is 0 Å². The lowest BCUT2D eigenvalue weighted by molar-refractivity contribution is -0.117. The first-order valence-electron chi connectivity index (χ1n) is 11.0.